The first-order chi connectivity index (χ1) is 9.77. The first kappa shape index (κ1) is 15.2. The summed E-state index contributed by atoms with van der Waals surface area (Å²) in [6, 6.07) is 8.00. The largest absolute Gasteiger partial charge is 0.395 e. The molecule has 0 saturated heterocycles. The normalized spacial score (nSPS) is 11.4. The van der Waals surface area contributed by atoms with Crippen molar-refractivity contribution in [3.05, 3.63) is 53.6 Å². The molecule has 0 aliphatic rings. The molecule has 0 spiro atoms. The summed E-state index contributed by atoms with van der Waals surface area (Å²) >= 11 is 0. The Labute approximate surface area is 121 Å². The summed E-state index contributed by atoms with van der Waals surface area (Å²) in [5.74, 6) is -1.55. The smallest absolute Gasteiger partial charge is 0.175 e. The summed E-state index contributed by atoms with van der Waals surface area (Å²) < 4.78 is 49.0. The molecule has 0 aliphatic carbocycles. The number of nitrogens with two attached hydrogens (primary N) is 1. The molecule has 2 rings (SSSR count). The van der Waals surface area contributed by atoms with Crippen molar-refractivity contribution in [3.8, 4) is 0 Å². The van der Waals surface area contributed by atoms with E-state index in [2.05, 4.69) is 5.32 Å². The van der Waals surface area contributed by atoms with E-state index in [1.807, 2.05) is 0 Å². The van der Waals surface area contributed by atoms with Crippen molar-refractivity contribution in [1.29, 1.82) is 0 Å². The highest BCUT2D eigenvalue weighted by Crippen LogP contribution is 2.24. The van der Waals surface area contributed by atoms with Crippen molar-refractivity contribution in [2.24, 2.45) is 0 Å². The van der Waals surface area contributed by atoms with Crippen LogP contribution in [0.4, 0.5) is 20.2 Å². The van der Waals surface area contributed by atoms with E-state index in [0.717, 1.165) is 17.9 Å². The molecule has 4 nitrogen and oxygen atoms in total. The van der Waals surface area contributed by atoms with Crippen LogP contribution in [-0.4, -0.2) is 14.7 Å². The zero-order chi connectivity index (χ0) is 15.6. The second-order valence-corrected chi connectivity index (χ2v) is 6.63. The van der Waals surface area contributed by atoms with Crippen molar-refractivity contribution in [3.63, 3.8) is 0 Å². The lowest BCUT2D eigenvalue weighted by Gasteiger charge is -2.10. The molecule has 0 unspecified atom stereocenters. The Bertz CT molecular complexity index is 759. The average molecular weight is 312 g/mol. The Morgan fingerprint density at radius 1 is 1.14 bits per heavy atom. The molecule has 112 valence electrons. The number of hydrogen-bond donors (Lipinski definition) is 2. The SMILES string of the molecule is CS(=O)(=O)c1ccc(CNc2cc(F)cc(F)c2N)cc1. The molecule has 0 aromatic heterocycles. The molecular weight excluding hydrogens is 298 g/mol. The van der Waals surface area contributed by atoms with Gasteiger partial charge in [0.05, 0.1) is 16.3 Å². The van der Waals surface area contributed by atoms with E-state index in [1.165, 1.54) is 12.1 Å². The summed E-state index contributed by atoms with van der Waals surface area (Å²) in [5, 5.41) is 2.81. The van der Waals surface area contributed by atoms with Crippen LogP contribution in [0.15, 0.2) is 41.3 Å². The van der Waals surface area contributed by atoms with Gasteiger partial charge in [-0.2, -0.15) is 0 Å². The highest BCUT2D eigenvalue weighted by Gasteiger charge is 2.09. The van der Waals surface area contributed by atoms with Gasteiger partial charge in [-0.15, -0.1) is 0 Å². The van der Waals surface area contributed by atoms with E-state index < -0.39 is 21.5 Å². The minimum Gasteiger partial charge on any atom is -0.395 e. The van der Waals surface area contributed by atoms with E-state index in [1.54, 1.807) is 12.1 Å². The maximum absolute atomic E-state index is 13.3. The molecule has 0 fully saturated rings. The van der Waals surface area contributed by atoms with Gasteiger partial charge in [0.15, 0.2) is 15.7 Å². The van der Waals surface area contributed by atoms with Gasteiger partial charge in [-0.25, -0.2) is 17.2 Å². The van der Waals surface area contributed by atoms with E-state index in [0.29, 0.717) is 6.07 Å². The number of hydrogen-bond acceptors (Lipinski definition) is 4. The van der Waals surface area contributed by atoms with Crippen LogP contribution in [0, 0.1) is 11.6 Å². The molecule has 2 aromatic rings. The summed E-state index contributed by atoms with van der Waals surface area (Å²) in [6.07, 6.45) is 1.12. The second kappa shape index (κ2) is 5.69. The third kappa shape index (κ3) is 3.69. The fraction of sp³-hybridized carbons (Fsp3) is 0.143. The fourth-order valence-electron chi connectivity index (χ4n) is 1.78. The molecule has 0 saturated carbocycles. The van der Waals surface area contributed by atoms with Crippen LogP contribution in [0.25, 0.3) is 0 Å². The minimum atomic E-state index is -3.24. The predicted octanol–water partition coefficient (Wildman–Crippen LogP) is 2.56. The maximum atomic E-state index is 13.3. The molecule has 0 aliphatic heterocycles. The lowest BCUT2D eigenvalue weighted by molar-refractivity contribution is 0.587. The van der Waals surface area contributed by atoms with E-state index in [-0.39, 0.29) is 22.8 Å². The molecule has 3 N–H and O–H groups in total. The van der Waals surface area contributed by atoms with Gasteiger partial charge < -0.3 is 11.1 Å². The summed E-state index contributed by atoms with van der Waals surface area (Å²) in [4.78, 5) is 0.211. The molecule has 7 heteroatoms. The Balaban J connectivity index is 2.14. The van der Waals surface area contributed by atoms with Crippen LogP contribution < -0.4 is 11.1 Å². The summed E-state index contributed by atoms with van der Waals surface area (Å²) in [6.45, 7) is 0.261. The zero-order valence-electron chi connectivity index (χ0n) is 11.2. The maximum Gasteiger partial charge on any atom is 0.175 e. The fourth-order valence-corrected chi connectivity index (χ4v) is 2.41. The average Bonchev–Trinajstić information content (AvgIpc) is 2.40. The van der Waals surface area contributed by atoms with Gasteiger partial charge in [0.25, 0.3) is 0 Å². The second-order valence-electron chi connectivity index (χ2n) is 4.62. The van der Waals surface area contributed by atoms with Crippen molar-refractivity contribution in [2.75, 3.05) is 17.3 Å². The summed E-state index contributed by atoms with van der Waals surface area (Å²) in [7, 11) is -3.24. The van der Waals surface area contributed by atoms with Crippen LogP contribution in [0.2, 0.25) is 0 Å². The van der Waals surface area contributed by atoms with Gasteiger partial charge in [0.2, 0.25) is 0 Å². The first-order valence-corrected chi connectivity index (χ1v) is 7.94. The van der Waals surface area contributed by atoms with Crippen LogP contribution in [0.5, 0.6) is 0 Å². The van der Waals surface area contributed by atoms with Gasteiger partial charge in [0.1, 0.15) is 5.82 Å². The van der Waals surface area contributed by atoms with Gasteiger partial charge in [0, 0.05) is 18.9 Å². The molecule has 0 amide bonds. The van der Waals surface area contributed by atoms with Crippen molar-refractivity contribution < 1.29 is 17.2 Å². The van der Waals surface area contributed by atoms with E-state index in [9.17, 15) is 17.2 Å². The minimum absolute atomic E-state index is 0.152. The molecule has 2 aromatic carbocycles. The lowest BCUT2D eigenvalue weighted by Crippen LogP contribution is -2.05. The Hall–Kier alpha value is -2.15. The van der Waals surface area contributed by atoms with Crippen LogP contribution in [-0.2, 0) is 16.4 Å². The number of nitrogen functional groups attached to an aromatic ring is 1. The molecule has 0 bridgehead atoms. The number of nitrogens with one attached hydrogen (secondary N) is 1. The Morgan fingerprint density at radius 2 is 1.76 bits per heavy atom. The molecule has 0 heterocycles. The quantitative estimate of drug-likeness (QED) is 0.851. The van der Waals surface area contributed by atoms with Gasteiger partial charge in [-0.05, 0) is 23.8 Å². The third-order valence-corrected chi connectivity index (χ3v) is 4.06. The monoisotopic (exact) mass is 312 g/mol. The highest BCUT2D eigenvalue weighted by atomic mass is 32.2. The number of benzene rings is 2. The van der Waals surface area contributed by atoms with Gasteiger partial charge in [-0.1, -0.05) is 12.1 Å². The Kier molecular flexibility index (Phi) is 4.13. The topological polar surface area (TPSA) is 72.2 Å². The number of sulfone groups is 1. The van der Waals surface area contributed by atoms with Crippen LogP contribution in [0.1, 0.15) is 5.56 Å². The van der Waals surface area contributed by atoms with Crippen molar-refractivity contribution in [2.45, 2.75) is 11.4 Å². The zero-order valence-corrected chi connectivity index (χ0v) is 12.0. The van der Waals surface area contributed by atoms with E-state index >= 15 is 0 Å². The number of anilines is 2. The predicted molar refractivity (Wildman–Crippen MR) is 77.6 cm³/mol. The van der Waals surface area contributed by atoms with Gasteiger partial charge >= 0.3 is 0 Å². The standard InChI is InChI=1S/C14H14F2N2O2S/c1-21(19,20)11-4-2-9(3-5-11)8-18-13-7-10(15)6-12(16)14(13)17/h2-7,18H,8,17H2,1H3. The molecule has 0 atom stereocenters. The van der Waals surface area contributed by atoms with Crippen molar-refractivity contribution in [1.82, 2.24) is 0 Å². The summed E-state index contributed by atoms with van der Waals surface area (Å²) in [5.41, 5.74) is 6.26. The van der Waals surface area contributed by atoms with Crippen LogP contribution >= 0.6 is 0 Å². The van der Waals surface area contributed by atoms with E-state index in [4.69, 9.17) is 5.73 Å². The highest BCUT2D eigenvalue weighted by molar-refractivity contribution is 7.90. The third-order valence-electron chi connectivity index (χ3n) is 2.93. The van der Waals surface area contributed by atoms with Crippen molar-refractivity contribution >= 4 is 21.2 Å². The first-order valence-electron chi connectivity index (χ1n) is 6.05. The van der Waals surface area contributed by atoms with Crippen LogP contribution in [0.3, 0.4) is 0 Å². The van der Waals surface area contributed by atoms with Gasteiger partial charge in [-0.3, -0.25) is 0 Å². The molecule has 0 radical (unpaired) electrons. The number of halogens is 2. The number of rotatable bonds is 4. The lowest BCUT2D eigenvalue weighted by atomic mass is 10.2. The molecule has 21 heavy (non-hydrogen) atoms. The Morgan fingerprint density at radius 3 is 2.33 bits per heavy atom. The molecular formula is C14H14F2N2O2S.